The number of carbonyl (C=O) groups is 4. The molecule has 9 nitrogen and oxygen atoms in total. The summed E-state index contributed by atoms with van der Waals surface area (Å²) in [6.45, 7) is 1.96. The maximum absolute atomic E-state index is 13.3. The summed E-state index contributed by atoms with van der Waals surface area (Å²) in [6.07, 6.45) is 3.61. The van der Waals surface area contributed by atoms with Gasteiger partial charge in [-0.05, 0) is 50.6 Å². The Hall–Kier alpha value is -2.78. The molecule has 4 N–H and O–H groups in total. The van der Waals surface area contributed by atoms with Crippen molar-refractivity contribution < 1.29 is 29.0 Å². The average Bonchev–Trinajstić information content (AvgIpc) is 3.25. The number of carbonyl (C=O) groups excluding carboxylic acids is 3. The number of amides is 1. The topological polar surface area (TPSA) is 139 Å². The minimum atomic E-state index is -1.04. The fraction of sp³-hybridized carbons (Fsp3) is 0.565. The SMILES string of the molecule is CC(=O)OC(=O)[C@@H]1CCCN1C(=O)[C@H](CCCCN)N[C@@H](CCc1ccccc1)C(=O)O. The quantitative estimate of drug-likeness (QED) is 0.247. The lowest BCUT2D eigenvalue weighted by Gasteiger charge is -2.30. The predicted molar refractivity (Wildman–Crippen MR) is 118 cm³/mol. The summed E-state index contributed by atoms with van der Waals surface area (Å²) in [5.74, 6) is -2.86. The normalized spacial score (nSPS) is 17.6. The largest absolute Gasteiger partial charge is 0.480 e. The third-order valence-corrected chi connectivity index (χ3v) is 5.56. The standard InChI is InChI=1S/C23H33N3O6/c1-16(27)32-23(31)20-11-7-15-26(20)21(28)18(10-5-6-14-24)25-19(22(29)30)13-12-17-8-3-2-4-9-17/h2-4,8-9,18-20,25H,5-7,10-15,24H2,1H3,(H,29,30)/t18-,19-,20-/m0/s1. The fourth-order valence-electron chi connectivity index (χ4n) is 3.93. The molecule has 1 aromatic rings. The summed E-state index contributed by atoms with van der Waals surface area (Å²) in [6, 6.07) is 7.01. The van der Waals surface area contributed by atoms with Crippen LogP contribution in [-0.2, 0) is 30.3 Å². The third kappa shape index (κ3) is 7.72. The molecule has 0 bridgehead atoms. The molecular formula is C23H33N3O6. The summed E-state index contributed by atoms with van der Waals surface area (Å²) < 4.78 is 4.70. The van der Waals surface area contributed by atoms with Crippen LogP contribution >= 0.6 is 0 Å². The number of likely N-dealkylation sites (tertiary alicyclic amines) is 1. The van der Waals surface area contributed by atoms with Crippen molar-refractivity contribution in [3.8, 4) is 0 Å². The molecule has 9 heteroatoms. The highest BCUT2D eigenvalue weighted by atomic mass is 16.6. The number of aliphatic carboxylic acids is 1. The Labute approximate surface area is 188 Å². The van der Waals surface area contributed by atoms with E-state index in [2.05, 4.69) is 5.32 Å². The van der Waals surface area contributed by atoms with E-state index in [-0.39, 0.29) is 5.91 Å². The Balaban J connectivity index is 2.11. The molecule has 0 unspecified atom stereocenters. The van der Waals surface area contributed by atoms with Gasteiger partial charge in [-0.1, -0.05) is 36.8 Å². The van der Waals surface area contributed by atoms with Crippen LogP contribution in [0.3, 0.4) is 0 Å². The first-order chi connectivity index (χ1) is 15.3. The number of nitrogens with two attached hydrogens (primary N) is 1. The maximum Gasteiger partial charge on any atom is 0.336 e. The Kier molecular flexibility index (Phi) is 10.3. The summed E-state index contributed by atoms with van der Waals surface area (Å²) in [5.41, 5.74) is 6.59. The van der Waals surface area contributed by atoms with Gasteiger partial charge in [-0.15, -0.1) is 0 Å². The van der Waals surface area contributed by atoms with Crippen LogP contribution in [0.5, 0.6) is 0 Å². The number of carboxylic acid groups (broad SMARTS) is 1. The van der Waals surface area contributed by atoms with Crippen molar-refractivity contribution in [3.05, 3.63) is 35.9 Å². The van der Waals surface area contributed by atoms with Crippen LogP contribution in [-0.4, -0.2) is 65.0 Å². The van der Waals surface area contributed by atoms with Gasteiger partial charge in [0.2, 0.25) is 5.91 Å². The molecule has 0 aliphatic carbocycles. The van der Waals surface area contributed by atoms with Crippen LogP contribution in [0.15, 0.2) is 30.3 Å². The number of aryl methyl sites for hydroxylation is 1. The van der Waals surface area contributed by atoms with Crippen LogP contribution in [0.25, 0.3) is 0 Å². The first kappa shape index (κ1) is 25.5. The molecule has 1 fully saturated rings. The van der Waals surface area contributed by atoms with E-state index in [1.165, 1.54) is 4.90 Å². The molecule has 1 amide bonds. The molecule has 1 aliphatic rings. The van der Waals surface area contributed by atoms with E-state index in [1.54, 1.807) is 0 Å². The zero-order valence-corrected chi connectivity index (χ0v) is 18.5. The molecule has 0 saturated carbocycles. The van der Waals surface area contributed by atoms with E-state index >= 15 is 0 Å². The zero-order chi connectivity index (χ0) is 23.5. The Morgan fingerprint density at radius 3 is 2.50 bits per heavy atom. The predicted octanol–water partition coefficient (Wildman–Crippen LogP) is 1.24. The lowest BCUT2D eigenvalue weighted by atomic mass is 10.0. The molecule has 1 heterocycles. The van der Waals surface area contributed by atoms with Gasteiger partial charge in [-0.2, -0.15) is 0 Å². The molecule has 0 radical (unpaired) electrons. The molecule has 32 heavy (non-hydrogen) atoms. The number of hydrogen-bond donors (Lipinski definition) is 3. The van der Waals surface area contributed by atoms with Crippen LogP contribution < -0.4 is 11.1 Å². The van der Waals surface area contributed by atoms with Gasteiger partial charge in [0.1, 0.15) is 12.1 Å². The second-order valence-corrected chi connectivity index (χ2v) is 8.02. The minimum Gasteiger partial charge on any atom is -0.480 e. The van der Waals surface area contributed by atoms with Gasteiger partial charge in [-0.3, -0.25) is 19.7 Å². The lowest BCUT2D eigenvalue weighted by molar-refractivity contribution is -0.164. The van der Waals surface area contributed by atoms with Crippen LogP contribution in [0, 0.1) is 0 Å². The van der Waals surface area contributed by atoms with Crippen molar-refractivity contribution in [2.24, 2.45) is 5.73 Å². The maximum atomic E-state index is 13.3. The monoisotopic (exact) mass is 447 g/mol. The molecule has 176 valence electrons. The van der Waals surface area contributed by atoms with Gasteiger partial charge in [0, 0.05) is 13.5 Å². The number of nitrogens with zero attached hydrogens (tertiary/aromatic N) is 1. The molecular weight excluding hydrogens is 414 g/mol. The molecule has 1 saturated heterocycles. The minimum absolute atomic E-state index is 0.315. The van der Waals surface area contributed by atoms with Crippen molar-refractivity contribution in [1.82, 2.24) is 10.2 Å². The van der Waals surface area contributed by atoms with Crippen molar-refractivity contribution in [2.75, 3.05) is 13.1 Å². The average molecular weight is 448 g/mol. The van der Waals surface area contributed by atoms with E-state index in [1.807, 2.05) is 30.3 Å². The van der Waals surface area contributed by atoms with E-state index in [0.717, 1.165) is 12.5 Å². The van der Waals surface area contributed by atoms with Gasteiger partial charge in [-0.25, -0.2) is 4.79 Å². The zero-order valence-electron chi connectivity index (χ0n) is 18.5. The second kappa shape index (κ2) is 12.9. The Bertz CT molecular complexity index is 785. The number of benzene rings is 1. The highest BCUT2D eigenvalue weighted by Crippen LogP contribution is 2.21. The van der Waals surface area contributed by atoms with Gasteiger partial charge < -0.3 is 20.5 Å². The lowest BCUT2D eigenvalue weighted by Crippen LogP contribution is -2.54. The van der Waals surface area contributed by atoms with Crippen molar-refractivity contribution >= 4 is 23.8 Å². The van der Waals surface area contributed by atoms with E-state index in [4.69, 9.17) is 10.5 Å². The van der Waals surface area contributed by atoms with Gasteiger partial charge in [0.15, 0.2) is 0 Å². The Morgan fingerprint density at radius 1 is 1.16 bits per heavy atom. The molecule has 3 atom stereocenters. The molecule has 2 rings (SSSR count). The van der Waals surface area contributed by atoms with E-state index in [9.17, 15) is 24.3 Å². The van der Waals surface area contributed by atoms with Crippen molar-refractivity contribution in [1.29, 1.82) is 0 Å². The van der Waals surface area contributed by atoms with Gasteiger partial charge in [0.25, 0.3) is 0 Å². The molecule has 0 aromatic heterocycles. The number of rotatable bonds is 12. The van der Waals surface area contributed by atoms with E-state index in [0.29, 0.717) is 58.0 Å². The summed E-state index contributed by atoms with van der Waals surface area (Å²) in [5, 5.41) is 12.7. The first-order valence-corrected chi connectivity index (χ1v) is 11.1. The smallest absolute Gasteiger partial charge is 0.336 e. The van der Waals surface area contributed by atoms with Crippen molar-refractivity contribution in [2.45, 2.75) is 70.0 Å². The number of unbranched alkanes of at least 4 members (excludes halogenated alkanes) is 1. The number of nitrogens with one attached hydrogen (secondary N) is 1. The molecule has 1 aromatic carbocycles. The summed E-state index contributed by atoms with van der Waals surface area (Å²) in [7, 11) is 0. The van der Waals surface area contributed by atoms with Crippen LogP contribution in [0.4, 0.5) is 0 Å². The van der Waals surface area contributed by atoms with E-state index < -0.39 is 36.0 Å². The van der Waals surface area contributed by atoms with Gasteiger partial charge >= 0.3 is 17.9 Å². The third-order valence-electron chi connectivity index (χ3n) is 5.56. The van der Waals surface area contributed by atoms with Gasteiger partial charge in [0.05, 0.1) is 6.04 Å². The molecule has 1 aliphatic heterocycles. The number of esters is 2. The summed E-state index contributed by atoms with van der Waals surface area (Å²) >= 11 is 0. The summed E-state index contributed by atoms with van der Waals surface area (Å²) in [4.78, 5) is 50.1. The number of carboxylic acids is 1. The van der Waals surface area contributed by atoms with Crippen molar-refractivity contribution in [3.63, 3.8) is 0 Å². The second-order valence-electron chi connectivity index (χ2n) is 8.02. The van der Waals surface area contributed by atoms with Crippen LogP contribution in [0.2, 0.25) is 0 Å². The highest BCUT2D eigenvalue weighted by molar-refractivity contribution is 5.92. The molecule has 0 spiro atoms. The number of ether oxygens (including phenoxy) is 1. The first-order valence-electron chi connectivity index (χ1n) is 11.1. The number of hydrogen-bond acceptors (Lipinski definition) is 7. The highest BCUT2D eigenvalue weighted by Gasteiger charge is 2.39. The fourth-order valence-corrected chi connectivity index (χ4v) is 3.93. The Morgan fingerprint density at radius 2 is 1.88 bits per heavy atom. The van der Waals surface area contributed by atoms with Crippen LogP contribution in [0.1, 0.15) is 51.0 Å².